The Morgan fingerprint density at radius 3 is 1.88 bits per heavy atom. The highest BCUT2D eigenvalue weighted by atomic mass is 32.2. The second-order valence-electron chi connectivity index (χ2n) is 9.90. The fraction of sp³-hybridized carbons (Fsp3) is 0.767. The van der Waals surface area contributed by atoms with Crippen LogP contribution in [0.3, 0.4) is 0 Å². The first kappa shape index (κ1) is 40.5. The fourth-order valence-electron chi connectivity index (χ4n) is 3.69. The number of hydrogen-bond donors (Lipinski definition) is 4. The molecule has 10 heteroatoms. The molecule has 0 saturated carbocycles. The van der Waals surface area contributed by atoms with Crippen molar-refractivity contribution in [2.75, 3.05) is 20.1 Å². The van der Waals surface area contributed by atoms with Crippen molar-refractivity contribution in [3.8, 4) is 0 Å². The van der Waals surface area contributed by atoms with Crippen molar-refractivity contribution in [3.63, 3.8) is 0 Å². The van der Waals surface area contributed by atoms with Gasteiger partial charge in [-0.25, -0.2) is 4.98 Å². The Bertz CT molecular complexity index is 840. The molecule has 0 bridgehead atoms. The third kappa shape index (κ3) is 16.6. The van der Waals surface area contributed by atoms with E-state index in [1.807, 2.05) is 20.8 Å². The molecule has 1 aromatic heterocycles. The number of carbonyl (C=O) groups is 2. The van der Waals surface area contributed by atoms with Crippen LogP contribution in [0, 0.1) is 5.92 Å². The second kappa shape index (κ2) is 25.1. The topological polar surface area (TPSA) is 154 Å². The minimum Gasteiger partial charge on any atom is -0.365 e. The zero-order valence-electron chi connectivity index (χ0n) is 26.7. The number of nitrogens with zero attached hydrogens (tertiary/aromatic N) is 2. The zero-order valence-corrected chi connectivity index (χ0v) is 28.3. The van der Waals surface area contributed by atoms with Gasteiger partial charge in [0.25, 0.3) is 11.8 Å². The van der Waals surface area contributed by atoms with Gasteiger partial charge < -0.3 is 27.8 Å². The minimum atomic E-state index is -0.366. The molecule has 0 radical (unpaired) electrons. The second-order valence-corrected chi connectivity index (χ2v) is 12.2. The predicted octanol–water partition coefficient (Wildman–Crippen LogP) is 6.17. The SMILES string of the molecule is CC.CC(C)CC1SC(C(N)=O)=C(CCCCCN)N1C.CCCC.CCc1nc(CCCCN)sc1C(N)=O. The summed E-state index contributed by atoms with van der Waals surface area (Å²) in [6.07, 6.45) is 11.5. The van der Waals surface area contributed by atoms with E-state index in [1.54, 1.807) is 11.8 Å². The number of carbonyl (C=O) groups excluding carboxylic acids is 2. The van der Waals surface area contributed by atoms with E-state index in [0.29, 0.717) is 22.7 Å². The molecule has 0 aromatic carbocycles. The van der Waals surface area contributed by atoms with Gasteiger partial charge in [-0.1, -0.05) is 79.5 Å². The zero-order chi connectivity index (χ0) is 31.1. The lowest BCUT2D eigenvalue weighted by atomic mass is 10.1. The Balaban J connectivity index is 0. The highest BCUT2D eigenvalue weighted by Crippen LogP contribution is 2.41. The summed E-state index contributed by atoms with van der Waals surface area (Å²) in [6.45, 7) is 16.2. The van der Waals surface area contributed by atoms with E-state index in [2.05, 4.69) is 44.6 Å². The predicted molar refractivity (Wildman–Crippen MR) is 176 cm³/mol. The molecule has 2 amide bonds. The van der Waals surface area contributed by atoms with E-state index in [4.69, 9.17) is 22.9 Å². The largest absolute Gasteiger partial charge is 0.365 e. The van der Waals surface area contributed by atoms with Gasteiger partial charge in [-0.05, 0) is 70.4 Å². The molecule has 1 atom stereocenters. The number of unbranched alkanes of at least 4 members (excludes halogenated alkanes) is 4. The molecule has 2 rings (SSSR count). The van der Waals surface area contributed by atoms with Gasteiger partial charge in [0, 0.05) is 12.7 Å². The number of thioether (sulfide) groups is 1. The standard InChI is InChI=1S/C14H27N3OS.C10H17N3OS.C4H10.C2H6/c1-10(2)9-12-17(3)11(7-5-4-6-8-15)13(19-12)14(16)18;1-2-7-9(10(12)14)15-8(13-7)5-3-4-6-11;1-3-4-2;1-2/h10,12H,4-9,15H2,1-3H3,(H2,16,18);2-6,11H2,1H3,(H2,12,14);3-4H2,1-2H3;1-2H3. The third-order valence-corrected chi connectivity index (χ3v) is 8.66. The lowest BCUT2D eigenvalue weighted by Gasteiger charge is -2.25. The van der Waals surface area contributed by atoms with Crippen LogP contribution in [0.25, 0.3) is 0 Å². The maximum Gasteiger partial charge on any atom is 0.260 e. The van der Waals surface area contributed by atoms with E-state index in [0.717, 1.165) is 85.6 Å². The van der Waals surface area contributed by atoms with Crippen molar-refractivity contribution >= 4 is 34.9 Å². The summed E-state index contributed by atoms with van der Waals surface area (Å²) in [6, 6.07) is 0. The van der Waals surface area contributed by atoms with E-state index < -0.39 is 0 Å². The number of amides is 2. The van der Waals surface area contributed by atoms with Gasteiger partial charge in [0.15, 0.2) is 0 Å². The summed E-state index contributed by atoms with van der Waals surface area (Å²) < 4.78 is 0. The summed E-state index contributed by atoms with van der Waals surface area (Å²) >= 11 is 3.05. The summed E-state index contributed by atoms with van der Waals surface area (Å²) in [7, 11) is 2.08. The molecule has 1 aliphatic heterocycles. The highest BCUT2D eigenvalue weighted by Gasteiger charge is 2.32. The van der Waals surface area contributed by atoms with Gasteiger partial charge in [0.1, 0.15) is 4.88 Å². The summed E-state index contributed by atoms with van der Waals surface area (Å²) in [4.78, 5) is 30.7. The van der Waals surface area contributed by atoms with Crippen molar-refractivity contribution in [1.29, 1.82) is 0 Å². The van der Waals surface area contributed by atoms with E-state index >= 15 is 0 Å². The summed E-state index contributed by atoms with van der Waals surface area (Å²) in [5.74, 6) is -0.0305. The molecule has 1 aliphatic rings. The quantitative estimate of drug-likeness (QED) is 0.175. The first-order valence-electron chi connectivity index (χ1n) is 15.2. The van der Waals surface area contributed by atoms with Gasteiger partial charge in [-0.15, -0.1) is 11.3 Å². The number of hydrogen-bond acceptors (Lipinski definition) is 8. The smallest absolute Gasteiger partial charge is 0.260 e. The number of nitrogens with two attached hydrogens (primary N) is 4. The van der Waals surface area contributed by atoms with Crippen LogP contribution >= 0.6 is 23.1 Å². The third-order valence-electron chi connectivity index (χ3n) is 6.03. The molecule has 2 heterocycles. The Labute approximate surface area is 253 Å². The molecule has 8 nitrogen and oxygen atoms in total. The molecule has 8 N–H and O–H groups in total. The van der Waals surface area contributed by atoms with Crippen molar-refractivity contribution in [1.82, 2.24) is 9.88 Å². The van der Waals surface area contributed by atoms with Crippen LogP contribution in [-0.4, -0.2) is 47.2 Å². The molecular formula is C30H60N6O2S2. The van der Waals surface area contributed by atoms with E-state index in [9.17, 15) is 9.59 Å². The molecule has 0 fully saturated rings. The van der Waals surface area contributed by atoms with Gasteiger partial charge in [0.2, 0.25) is 0 Å². The van der Waals surface area contributed by atoms with Gasteiger partial charge in [-0.2, -0.15) is 0 Å². The molecule has 0 spiro atoms. The average Bonchev–Trinajstić information content (AvgIpc) is 3.49. The van der Waals surface area contributed by atoms with Crippen LogP contribution in [0.1, 0.15) is 127 Å². The molecule has 1 unspecified atom stereocenters. The minimum absolute atomic E-state index is 0.281. The van der Waals surface area contributed by atoms with Crippen molar-refractivity contribution in [3.05, 3.63) is 26.2 Å². The van der Waals surface area contributed by atoms with Gasteiger partial charge >= 0.3 is 0 Å². The lowest BCUT2D eigenvalue weighted by molar-refractivity contribution is -0.114. The highest BCUT2D eigenvalue weighted by molar-refractivity contribution is 8.04. The monoisotopic (exact) mass is 600 g/mol. The number of aromatic nitrogens is 1. The van der Waals surface area contributed by atoms with E-state index in [-0.39, 0.29) is 11.8 Å². The average molecular weight is 601 g/mol. The van der Waals surface area contributed by atoms with Crippen LogP contribution in [0.2, 0.25) is 0 Å². The maximum absolute atomic E-state index is 11.6. The van der Waals surface area contributed by atoms with Crippen molar-refractivity contribution in [2.45, 2.75) is 124 Å². The van der Waals surface area contributed by atoms with Crippen LogP contribution in [0.5, 0.6) is 0 Å². The van der Waals surface area contributed by atoms with Gasteiger partial charge in [0.05, 0.1) is 21.0 Å². The molecule has 0 aliphatic carbocycles. The maximum atomic E-state index is 11.6. The number of primary amides is 2. The number of thiazole rings is 1. The van der Waals surface area contributed by atoms with E-state index in [1.165, 1.54) is 24.2 Å². The molecular weight excluding hydrogens is 541 g/mol. The molecule has 0 saturated heterocycles. The Morgan fingerprint density at radius 1 is 0.900 bits per heavy atom. The van der Waals surface area contributed by atoms with Crippen LogP contribution < -0.4 is 22.9 Å². The molecule has 40 heavy (non-hydrogen) atoms. The Morgan fingerprint density at radius 2 is 1.45 bits per heavy atom. The number of rotatable bonds is 15. The fourth-order valence-corrected chi connectivity index (χ4v) is 6.27. The van der Waals surface area contributed by atoms with Crippen LogP contribution in [-0.2, 0) is 17.6 Å². The lowest BCUT2D eigenvalue weighted by Crippen LogP contribution is -2.25. The van der Waals surface area contributed by atoms with Crippen molar-refractivity contribution < 1.29 is 9.59 Å². The van der Waals surface area contributed by atoms with Crippen LogP contribution in [0.15, 0.2) is 10.6 Å². The summed E-state index contributed by atoms with van der Waals surface area (Å²) in [5.41, 5.74) is 23.6. The first-order chi connectivity index (χ1) is 19.1. The van der Waals surface area contributed by atoms with Gasteiger partial charge in [-0.3, -0.25) is 9.59 Å². The molecule has 1 aromatic rings. The van der Waals surface area contributed by atoms with Crippen LogP contribution in [0.4, 0.5) is 0 Å². The molecule has 234 valence electrons. The Hall–Kier alpha value is -1.62. The number of aryl methyl sites for hydroxylation is 2. The normalized spacial score (nSPS) is 14.2. The Kier molecular flexibility index (Phi) is 25.4. The summed E-state index contributed by atoms with van der Waals surface area (Å²) in [5, 5.41) is 1.35. The number of allylic oxidation sites excluding steroid dienone is 1. The van der Waals surface area contributed by atoms with Crippen molar-refractivity contribution in [2.24, 2.45) is 28.9 Å². The first-order valence-corrected chi connectivity index (χ1v) is 16.9.